The van der Waals surface area contributed by atoms with E-state index in [1.807, 2.05) is 18.7 Å². The Bertz CT molecular complexity index is 295. The Kier molecular flexibility index (Phi) is 3.70. The number of morpholine rings is 1. The van der Waals surface area contributed by atoms with Crippen molar-refractivity contribution in [2.24, 2.45) is 11.7 Å². The molecule has 2 heterocycles. The van der Waals surface area contributed by atoms with Crippen LogP contribution in [0.3, 0.4) is 0 Å². The highest BCUT2D eigenvalue weighted by Gasteiger charge is 2.41. The first-order valence-electron chi connectivity index (χ1n) is 6.37. The summed E-state index contributed by atoms with van der Waals surface area (Å²) in [6.07, 6.45) is 0.164. The zero-order chi connectivity index (χ0) is 12.6. The highest BCUT2D eigenvalue weighted by molar-refractivity contribution is 5.82. The Morgan fingerprint density at radius 1 is 1.41 bits per heavy atom. The third-order valence-electron chi connectivity index (χ3n) is 3.89. The molecule has 0 radical (unpaired) electrons. The number of likely N-dealkylation sites (N-methyl/N-ethyl adjacent to an activating group) is 1. The second-order valence-electron chi connectivity index (χ2n) is 5.47. The quantitative estimate of drug-likeness (QED) is 0.709. The lowest BCUT2D eigenvalue weighted by Crippen LogP contribution is -2.48. The lowest BCUT2D eigenvalue weighted by molar-refractivity contribution is -0.133. The molecule has 2 saturated heterocycles. The predicted molar refractivity (Wildman–Crippen MR) is 65.6 cm³/mol. The molecular formula is C12H23N3O2. The molecule has 98 valence electrons. The van der Waals surface area contributed by atoms with Crippen LogP contribution in [-0.4, -0.2) is 67.2 Å². The largest absolute Gasteiger partial charge is 0.373 e. The van der Waals surface area contributed by atoms with Crippen molar-refractivity contribution in [1.29, 1.82) is 0 Å². The van der Waals surface area contributed by atoms with Crippen LogP contribution in [0.15, 0.2) is 0 Å². The van der Waals surface area contributed by atoms with E-state index >= 15 is 0 Å². The van der Waals surface area contributed by atoms with Gasteiger partial charge < -0.3 is 15.4 Å². The fraction of sp³-hybridized carbons (Fsp3) is 0.917. The Morgan fingerprint density at radius 2 is 2.12 bits per heavy atom. The first-order chi connectivity index (χ1) is 8.00. The summed E-state index contributed by atoms with van der Waals surface area (Å²) in [5.74, 6) is 0.246. The van der Waals surface area contributed by atoms with Crippen LogP contribution in [0.5, 0.6) is 0 Å². The van der Waals surface area contributed by atoms with Gasteiger partial charge in [-0.2, -0.15) is 0 Å². The molecular weight excluding hydrogens is 218 g/mol. The van der Waals surface area contributed by atoms with Gasteiger partial charge in [-0.1, -0.05) is 13.8 Å². The summed E-state index contributed by atoms with van der Waals surface area (Å²) in [4.78, 5) is 16.3. The Labute approximate surface area is 103 Å². The zero-order valence-electron chi connectivity index (χ0n) is 10.9. The molecule has 0 aromatic heterocycles. The number of fused-ring (bicyclic) bond motifs is 1. The van der Waals surface area contributed by atoms with Crippen molar-refractivity contribution < 1.29 is 9.53 Å². The van der Waals surface area contributed by atoms with Crippen LogP contribution in [-0.2, 0) is 9.53 Å². The van der Waals surface area contributed by atoms with E-state index in [0.29, 0.717) is 12.6 Å². The van der Waals surface area contributed by atoms with Crippen molar-refractivity contribution in [1.82, 2.24) is 9.80 Å². The number of amides is 1. The molecule has 1 amide bonds. The van der Waals surface area contributed by atoms with Crippen molar-refractivity contribution in [3.8, 4) is 0 Å². The molecule has 2 N–H and O–H groups in total. The monoisotopic (exact) mass is 241 g/mol. The van der Waals surface area contributed by atoms with Gasteiger partial charge in [0.1, 0.15) is 0 Å². The second kappa shape index (κ2) is 4.92. The maximum Gasteiger partial charge on any atom is 0.239 e. The number of likely N-dealkylation sites (tertiary alicyclic amines) is 1. The minimum Gasteiger partial charge on any atom is -0.373 e. The number of nitrogens with zero attached hydrogens (tertiary/aromatic N) is 2. The van der Waals surface area contributed by atoms with Crippen LogP contribution >= 0.6 is 0 Å². The number of rotatable bonds is 2. The number of carbonyl (C=O) groups is 1. The van der Waals surface area contributed by atoms with E-state index in [1.165, 1.54) is 0 Å². The van der Waals surface area contributed by atoms with E-state index < -0.39 is 0 Å². The van der Waals surface area contributed by atoms with Crippen molar-refractivity contribution in [3.63, 3.8) is 0 Å². The lowest BCUT2D eigenvalue weighted by atomic mass is 10.0. The SMILES string of the molecule is CC(C)[C@H](N)C(=O)N1CC2OCCN(C)C2C1. The minimum absolute atomic E-state index is 0.0615. The highest BCUT2D eigenvalue weighted by Crippen LogP contribution is 2.22. The van der Waals surface area contributed by atoms with Crippen molar-refractivity contribution in [3.05, 3.63) is 0 Å². The third-order valence-corrected chi connectivity index (χ3v) is 3.89. The molecule has 0 spiro atoms. The normalized spacial score (nSPS) is 31.7. The molecule has 2 aliphatic heterocycles. The van der Waals surface area contributed by atoms with Crippen LogP contribution in [0.2, 0.25) is 0 Å². The van der Waals surface area contributed by atoms with Crippen LogP contribution < -0.4 is 5.73 Å². The van der Waals surface area contributed by atoms with Gasteiger partial charge in [0.15, 0.2) is 0 Å². The van der Waals surface area contributed by atoms with Gasteiger partial charge in [-0.05, 0) is 13.0 Å². The maximum absolute atomic E-state index is 12.2. The smallest absolute Gasteiger partial charge is 0.239 e. The summed E-state index contributed by atoms with van der Waals surface area (Å²) < 4.78 is 5.72. The summed E-state index contributed by atoms with van der Waals surface area (Å²) in [5.41, 5.74) is 5.92. The van der Waals surface area contributed by atoms with E-state index in [-0.39, 0.29) is 24.0 Å². The van der Waals surface area contributed by atoms with E-state index in [1.54, 1.807) is 0 Å². The highest BCUT2D eigenvalue weighted by atomic mass is 16.5. The molecule has 17 heavy (non-hydrogen) atoms. The van der Waals surface area contributed by atoms with Gasteiger partial charge in [-0.15, -0.1) is 0 Å². The van der Waals surface area contributed by atoms with Crippen LogP contribution in [0, 0.1) is 5.92 Å². The molecule has 0 aliphatic carbocycles. The van der Waals surface area contributed by atoms with Gasteiger partial charge in [0.2, 0.25) is 5.91 Å². The van der Waals surface area contributed by atoms with Gasteiger partial charge in [0.25, 0.3) is 0 Å². The van der Waals surface area contributed by atoms with E-state index in [0.717, 1.165) is 19.7 Å². The van der Waals surface area contributed by atoms with Gasteiger partial charge in [0, 0.05) is 19.6 Å². The van der Waals surface area contributed by atoms with Gasteiger partial charge in [-0.3, -0.25) is 9.69 Å². The topological polar surface area (TPSA) is 58.8 Å². The number of nitrogens with two attached hydrogens (primary N) is 1. The standard InChI is InChI=1S/C12H23N3O2/c1-8(2)11(13)12(16)15-6-9-10(7-15)17-5-4-14(9)3/h8-11H,4-7,13H2,1-3H3/t9?,10?,11-/m0/s1. The van der Waals surface area contributed by atoms with Crippen LogP contribution in [0.4, 0.5) is 0 Å². The molecule has 2 aliphatic rings. The van der Waals surface area contributed by atoms with E-state index in [2.05, 4.69) is 11.9 Å². The van der Waals surface area contributed by atoms with Gasteiger partial charge in [0.05, 0.1) is 24.8 Å². The summed E-state index contributed by atoms with van der Waals surface area (Å²) in [6.45, 7) is 7.10. The molecule has 0 bridgehead atoms. The van der Waals surface area contributed by atoms with Crippen molar-refractivity contribution in [2.45, 2.75) is 32.0 Å². The maximum atomic E-state index is 12.2. The number of hydrogen-bond donors (Lipinski definition) is 1. The van der Waals surface area contributed by atoms with Crippen molar-refractivity contribution >= 4 is 5.91 Å². The lowest BCUT2D eigenvalue weighted by Gasteiger charge is -2.33. The van der Waals surface area contributed by atoms with Gasteiger partial charge >= 0.3 is 0 Å². The molecule has 0 aromatic rings. The Balaban J connectivity index is 1.99. The zero-order valence-corrected chi connectivity index (χ0v) is 10.9. The number of ether oxygens (including phenoxy) is 1. The average Bonchev–Trinajstić information content (AvgIpc) is 2.72. The average molecular weight is 241 g/mol. The Hall–Kier alpha value is -0.650. The molecule has 2 rings (SSSR count). The molecule has 2 fully saturated rings. The first-order valence-corrected chi connectivity index (χ1v) is 6.37. The molecule has 5 nitrogen and oxygen atoms in total. The van der Waals surface area contributed by atoms with E-state index in [9.17, 15) is 4.79 Å². The predicted octanol–water partition coefficient (Wildman–Crippen LogP) is -0.489. The molecule has 0 aromatic carbocycles. The fourth-order valence-corrected chi connectivity index (χ4v) is 2.53. The molecule has 3 atom stereocenters. The summed E-state index contributed by atoms with van der Waals surface area (Å²) in [7, 11) is 2.09. The van der Waals surface area contributed by atoms with Crippen LogP contribution in [0.25, 0.3) is 0 Å². The van der Waals surface area contributed by atoms with Gasteiger partial charge in [-0.25, -0.2) is 0 Å². The second-order valence-corrected chi connectivity index (χ2v) is 5.47. The number of hydrogen-bond acceptors (Lipinski definition) is 4. The molecule has 5 heteroatoms. The summed E-state index contributed by atoms with van der Waals surface area (Å²) in [5, 5.41) is 0. The summed E-state index contributed by atoms with van der Waals surface area (Å²) in [6, 6.07) is -0.0486. The number of carbonyl (C=O) groups excluding carboxylic acids is 1. The van der Waals surface area contributed by atoms with E-state index in [4.69, 9.17) is 10.5 Å². The molecule has 2 unspecified atom stereocenters. The first kappa shape index (κ1) is 12.8. The summed E-state index contributed by atoms with van der Waals surface area (Å²) >= 11 is 0. The fourth-order valence-electron chi connectivity index (χ4n) is 2.53. The van der Waals surface area contributed by atoms with Crippen molar-refractivity contribution in [2.75, 3.05) is 33.3 Å². The Morgan fingerprint density at radius 3 is 2.71 bits per heavy atom. The molecule has 0 saturated carbocycles. The minimum atomic E-state index is -0.388. The third kappa shape index (κ3) is 2.46. The van der Waals surface area contributed by atoms with Crippen LogP contribution in [0.1, 0.15) is 13.8 Å².